The van der Waals surface area contributed by atoms with Gasteiger partial charge in [-0.2, -0.15) is 0 Å². The molecule has 1 aromatic carbocycles. The summed E-state index contributed by atoms with van der Waals surface area (Å²) in [5.74, 6) is -0.989. The van der Waals surface area contributed by atoms with E-state index in [-0.39, 0.29) is 23.2 Å². The third-order valence-corrected chi connectivity index (χ3v) is 3.10. The minimum absolute atomic E-state index is 0.223. The zero-order valence-corrected chi connectivity index (χ0v) is 10.6. The fourth-order valence-electron chi connectivity index (χ4n) is 2.27. The zero-order valence-electron chi connectivity index (χ0n) is 10.6. The van der Waals surface area contributed by atoms with Crippen molar-refractivity contribution >= 4 is 27.8 Å². The number of aromatic nitrogens is 2. The number of hydrogen-bond donors (Lipinski definition) is 2. The summed E-state index contributed by atoms with van der Waals surface area (Å²) in [7, 11) is 0. The highest BCUT2D eigenvalue weighted by atomic mass is 19.1. The Labute approximate surface area is 112 Å². The molecule has 0 unspecified atom stereocenters. The molecule has 0 bridgehead atoms. The van der Waals surface area contributed by atoms with Crippen molar-refractivity contribution < 1.29 is 13.9 Å². The Balaban J connectivity index is 2.44. The highest BCUT2D eigenvalue weighted by molar-refractivity contribution is 6.14. The summed E-state index contributed by atoms with van der Waals surface area (Å²) in [6.45, 7) is 1.91. The van der Waals surface area contributed by atoms with Crippen LogP contribution >= 0.6 is 0 Å². The number of ether oxygens (including phenoxy) is 1. The maximum Gasteiger partial charge on any atom is 0.340 e. The molecule has 0 radical (unpaired) electrons. The van der Waals surface area contributed by atoms with Crippen molar-refractivity contribution in [2.45, 2.75) is 6.92 Å². The van der Waals surface area contributed by atoms with Gasteiger partial charge < -0.3 is 14.7 Å². The van der Waals surface area contributed by atoms with Crippen LogP contribution in [0.2, 0.25) is 0 Å². The lowest BCUT2D eigenvalue weighted by molar-refractivity contribution is 0.0529. The van der Waals surface area contributed by atoms with Crippen LogP contribution in [0.25, 0.3) is 21.8 Å². The first-order chi connectivity index (χ1) is 9.61. The van der Waals surface area contributed by atoms with E-state index >= 15 is 0 Å². The molecule has 102 valence electrons. The van der Waals surface area contributed by atoms with Gasteiger partial charge in [-0.05, 0) is 25.1 Å². The summed E-state index contributed by atoms with van der Waals surface area (Å²) < 4.78 is 18.4. The highest BCUT2D eigenvalue weighted by Crippen LogP contribution is 2.25. The Kier molecular flexibility index (Phi) is 2.78. The van der Waals surface area contributed by atoms with E-state index in [2.05, 4.69) is 9.97 Å². The average Bonchev–Trinajstić information content (AvgIpc) is 2.86. The molecular weight excluding hydrogens is 263 g/mol. The van der Waals surface area contributed by atoms with Crippen molar-refractivity contribution in [2.75, 3.05) is 6.61 Å². The van der Waals surface area contributed by atoms with E-state index in [1.165, 1.54) is 24.4 Å². The number of fused-ring (bicyclic) bond motifs is 3. The second kappa shape index (κ2) is 4.48. The van der Waals surface area contributed by atoms with Crippen LogP contribution in [0.5, 0.6) is 0 Å². The van der Waals surface area contributed by atoms with E-state index in [4.69, 9.17) is 4.74 Å². The second-order valence-electron chi connectivity index (χ2n) is 4.32. The van der Waals surface area contributed by atoms with Gasteiger partial charge in [0.15, 0.2) is 0 Å². The zero-order chi connectivity index (χ0) is 14.3. The molecule has 0 saturated carbocycles. The van der Waals surface area contributed by atoms with Gasteiger partial charge in [-0.25, -0.2) is 9.18 Å². The van der Waals surface area contributed by atoms with Gasteiger partial charge in [0.25, 0.3) is 5.56 Å². The fourth-order valence-corrected chi connectivity index (χ4v) is 2.27. The molecule has 3 aromatic rings. The quantitative estimate of drug-likeness (QED) is 0.704. The largest absolute Gasteiger partial charge is 0.462 e. The summed E-state index contributed by atoms with van der Waals surface area (Å²) in [6, 6.07) is 4.00. The Morgan fingerprint density at radius 3 is 2.95 bits per heavy atom. The number of hydrogen-bond acceptors (Lipinski definition) is 3. The Bertz CT molecular complexity index is 879. The summed E-state index contributed by atoms with van der Waals surface area (Å²) in [5, 5.41) is 0.839. The fraction of sp³-hybridized carbons (Fsp3) is 0.143. The molecule has 0 saturated heterocycles. The van der Waals surface area contributed by atoms with Crippen LogP contribution in [0.4, 0.5) is 4.39 Å². The number of carbonyl (C=O) groups is 1. The molecule has 6 heteroatoms. The van der Waals surface area contributed by atoms with Crippen LogP contribution in [0, 0.1) is 5.82 Å². The molecule has 20 heavy (non-hydrogen) atoms. The molecule has 0 amide bonds. The van der Waals surface area contributed by atoms with Crippen LogP contribution in [0.15, 0.2) is 29.2 Å². The summed E-state index contributed by atoms with van der Waals surface area (Å²) in [6.07, 6.45) is 1.41. The minimum Gasteiger partial charge on any atom is -0.462 e. The van der Waals surface area contributed by atoms with E-state index in [1.54, 1.807) is 6.92 Å². The minimum atomic E-state index is -0.546. The van der Waals surface area contributed by atoms with Gasteiger partial charge >= 0.3 is 5.97 Å². The molecule has 5 nitrogen and oxygen atoms in total. The molecule has 2 heterocycles. The lowest BCUT2D eigenvalue weighted by Gasteiger charge is -2.03. The highest BCUT2D eigenvalue weighted by Gasteiger charge is 2.18. The van der Waals surface area contributed by atoms with Crippen LogP contribution < -0.4 is 5.56 Å². The molecule has 2 N–H and O–H groups in total. The maximum absolute atomic E-state index is 13.4. The first-order valence-electron chi connectivity index (χ1n) is 6.11. The third kappa shape index (κ3) is 1.77. The first-order valence-corrected chi connectivity index (χ1v) is 6.11. The number of pyridine rings is 1. The average molecular weight is 274 g/mol. The topological polar surface area (TPSA) is 75.0 Å². The summed E-state index contributed by atoms with van der Waals surface area (Å²) in [4.78, 5) is 29.2. The van der Waals surface area contributed by atoms with Crippen molar-refractivity contribution in [3.63, 3.8) is 0 Å². The molecule has 2 aromatic heterocycles. The normalized spacial score (nSPS) is 11.1. The molecule has 0 spiro atoms. The molecule has 0 aliphatic carbocycles. The standard InChI is InChI=1S/C14H11FN2O3/c1-2-20-14(19)9-6-16-12-11(9)8-5-7(15)3-4-10(8)17-13(12)18/h3-6,16H,2H2,1H3,(H,17,18). The van der Waals surface area contributed by atoms with Crippen LogP contribution in [0.3, 0.4) is 0 Å². The van der Waals surface area contributed by atoms with Crippen molar-refractivity contribution in [1.82, 2.24) is 9.97 Å². The molecule has 0 aliphatic heterocycles. The van der Waals surface area contributed by atoms with E-state index in [1.807, 2.05) is 0 Å². The van der Waals surface area contributed by atoms with Gasteiger partial charge in [-0.1, -0.05) is 0 Å². The molecule has 0 aliphatic rings. The number of rotatable bonds is 2. The Hall–Kier alpha value is -2.63. The number of benzene rings is 1. The van der Waals surface area contributed by atoms with Crippen molar-refractivity contribution in [3.8, 4) is 0 Å². The van der Waals surface area contributed by atoms with Crippen molar-refractivity contribution in [1.29, 1.82) is 0 Å². The SMILES string of the molecule is CCOC(=O)c1c[nH]c2c(=O)[nH]c3ccc(F)cc3c12. The molecule has 0 atom stereocenters. The Morgan fingerprint density at radius 2 is 2.20 bits per heavy atom. The number of aromatic amines is 2. The molecule has 0 fully saturated rings. The summed E-state index contributed by atoms with van der Waals surface area (Å²) >= 11 is 0. The van der Waals surface area contributed by atoms with E-state index < -0.39 is 11.8 Å². The second-order valence-corrected chi connectivity index (χ2v) is 4.32. The number of nitrogens with one attached hydrogen (secondary N) is 2. The van der Waals surface area contributed by atoms with Gasteiger partial charge in [0.05, 0.1) is 12.2 Å². The van der Waals surface area contributed by atoms with Crippen LogP contribution in [-0.2, 0) is 4.74 Å². The number of carbonyl (C=O) groups excluding carboxylic acids is 1. The van der Waals surface area contributed by atoms with Gasteiger partial charge in [0.1, 0.15) is 11.3 Å². The van der Waals surface area contributed by atoms with Crippen molar-refractivity contribution in [3.05, 3.63) is 46.1 Å². The van der Waals surface area contributed by atoms with E-state index in [0.717, 1.165) is 0 Å². The lowest BCUT2D eigenvalue weighted by atomic mass is 10.1. The maximum atomic E-state index is 13.4. The number of halogens is 1. The van der Waals surface area contributed by atoms with E-state index in [9.17, 15) is 14.0 Å². The number of H-pyrrole nitrogens is 2. The lowest BCUT2D eigenvalue weighted by Crippen LogP contribution is -2.08. The number of esters is 1. The van der Waals surface area contributed by atoms with Crippen molar-refractivity contribution in [2.24, 2.45) is 0 Å². The third-order valence-electron chi connectivity index (χ3n) is 3.10. The van der Waals surface area contributed by atoms with Gasteiger partial charge in [0.2, 0.25) is 0 Å². The van der Waals surface area contributed by atoms with Gasteiger partial charge in [-0.3, -0.25) is 4.79 Å². The predicted octanol–water partition coefficient (Wildman–Crippen LogP) is 2.33. The van der Waals surface area contributed by atoms with E-state index in [0.29, 0.717) is 16.3 Å². The Morgan fingerprint density at radius 1 is 1.40 bits per heavy atom. The first kappa shape index (κ1) is 12.4. The molecule has 3 rings (SSSR count). The monoisotopic (exact) mass is 274 g/mol. The van der Waals surface area contributed by atoms with Crippen LogP contribution in [0.1, 0.15) is 17.3 Å². The van der Waals surface area contributed by atoms with Crippen LogP contribution in [-0.4, -0.2) is 22.5 Å². The predicted molar refractivity (Wildman–Crippen MR) is 72.3 cm³/mol. The summed E-state index contributed by atoms with van der Waals surface area (Å²) in [5.41, 5.74) is 0.554. The molecular formula is C14H11FN2O3. The smallest absolute Gasteiger partial charge is 0.340 e. The van der Waals surface area contributed by atoms with Gasteiger partial charge in [-0.15, -0.1) is 0 Å². The van der Waals surface area contributed by atoms with Gasteiger partial charge in [0, 0.05) is 22.5 Å².